The molecule has 0 radical (unpaired) electrons. The maximum atomic E-state index is 6.21. The van der Waals surface area contributed by atoms with Crippen molar-refractivity contribution >= 4 is 0 Å². The minimum absolute atomic E-state index is 0. The number of nitrogens with two attached hydrogens (primary N) is 3. The van der Waals surface area contributed by atoms with Crippen molar-refractivity contribution in [3.63, 3.8) is 0 Å². The van der Waals surface area contributed by atoms with E-state index in [4.69, 9.17) is 17.2 Å². The Kier molecular flexibility index (Phi) is 11.3. The average molecular weight is 322 g/mol. The summed E-state index contributed by atoms with van der Waals surface area (Å²) in [7, 11) is 0. The molecule has 4 heteroatoms. The fourth-order valence-electron chi connectivity index (χ4n) is 2.10. The Balaban J connectivity index is 0. The van der Waals surface area contributed by atoms with E-state index in [1.165, 1.54) is 0 Å². The van der Waals surface area contributed by atoms with Crippen molar-refractivity contribution in [2.45, 2.75) is 52.6 Å². The summed E-state index contributed by atoms with van der Waals surface area (Å²) in [6.45, 7) is 9.37. The van der Waals surface area contributed by atoms with Gasteiger partial charge in [0.2, 0.25) is 0 Å². The summed E-state index contributed by atoms with van der Waals surface area (Å²) in [6, 6.07) is 0.355. The fourth-order valence-corrected chi connectivity index (χ4v) is 2.10. The van der Waals surface area contributed by atoms with E-state index in [9.17, 15) is 0 Å². The second-order valence-electron chi connectivity index (χ2n) is 5.36. The second-order valence-corrected chi connectivity index (χ2v) is 5.36. The van der Waals surface area contributed by atoms with Gasteiger partial charge in [-0.15, -0.1) is 0 Å². The number of rotatable bonds is 7. The van der Waals surface area contributed by atoms with Gasteiger partial charge < -0.3 is 17.2 Å². The molecule has 0 fully saturated rings. The molecule has 0 aliphatic carbocycles. The normalized spacial score (nSPS) is 17.1. The summed E-state index contributed by atoms with van der Waals surface area (Å²) in [5, 5.41) is 0. The molecule has 16 heavy (non-hydrogen) atoms. The monoisotopic (exact) mass is 321 g/mol. The molecule has 0 bridgehead atoms. The van der Waals surface area contributed by atoms with Crippen molar-refractivity contribution in [1.29, 1.82) is 0 Å². The summed E-state index contributed by atoms with van der Waals surface area (Å²) in [5.74, 6) is 1.46. The Morgan fingerprint density at radius 1 is 1.00 bits per heavy atom. The van der Waals surface area contributed by atoms with Crippen LogP contribution in [-0.2, 0) is 20.4 Å². The van der Waals surface area contributed by atoms with Crippen LogP contribution in [0.3, 0.4) is 0 Å². The molecular formula is C12H29N3Pd. The van der Waals surface area contributed by atoms with Gasteiger partial charge in [0.1, 0.15) is 0 Å². The van der Waals surface area contributed by atoms with E-state index in [1.807, 2.05) is 0 Å². The summed E-state index contributed by atoms with van der Waals surface area (Å²) in [4.78, 5) is 0. The molecule has 6 N–H and O–H groups in total. The topological polar surface area (TPSA) is 78.1 Å². The van der Waals surface area contributed by atoms with Gasteiger partial charge in [-0.05, 0) is 37.1 Å². The first kappa shape index (κ1) is 18.9. The van der Waals surface area contributed by atoms with Crippen molar-refractivity contribution in [2.24, 2.45) is 35.0 Å². The van der Waals surface area contributed by atoms with E-state index < -0.39 is 0 Å². The molecule has 3 atom stereocenters. The fraction of sp³-hybridized carbons (Fsp3) is 1.00. The molecule has 0 aliphatic rings. The van der Waals surface area contributed by atoms with Crippen LogP contribution < -0.4 is 17.2 Å². The zero-order chi connectivity index (χ0) is 12.0. The van der Waals surface area contributed by atoms with Crippen LogP contribution >= 0.6 is 0 Å². The molecule has 0 amide bonds. The zero-order valence-corrected chi connectivity index (χ0v) is 12.6. The summed E-state index contributed by atoms with van der Waals surface area (Å²) < 4.78 is 0. The molecule has 102 valence electrons. The first-order valence-corrected chi connectivity index (χ1v) is 6.11. The number of hydrogen-bond donors (Lipinski definition) is 3. The first-order valence-electron chi connectivity index (χ1n) is 6.11. The zero-order valence-electron chi connectivity index (χ0n) is 11.1. The molecular weight excluding hydrogens is 293 g/mol. The summed E-state index contributed by atoms with van der Waals surface area (Å²) in [5.41, 5.74) is 18.0. The number of hydrogen-bond acceptors (Lipinski definition) is 3. The summed E-state index contributed by atoms with van der Waals surface area (Å²) in [6.07, 6.45) is 1.97. The molecule has 0 aromatic rings. The molecule has 0 saturated carbocycles. The smallest absolute Gasteiger partial charge is 0.0106 e. The Morgan fingerprint density at radius 3 is 1.81 bits per heavy atom. The van der Waals surface area contributed by atoms with Crippen molar-refractivity contribution in [2.75, 3.05) is 6.54 Å². The van der Waals surface area contributed by atoms with Crippen molar-refractivity contribution in [3.05, 3.63) is 0 Å². The Hall–Kier alpha value is 0.542. The Bertz CT molecular complexity index is 162. The predicted molar refractivity (Wildman–Crippen MR) is 67.4 cm³/mol. The van der Waals surface area contributed by atoms with Crippen LogP contribution in [0.5, 0.6) is 0 Å². The van der Waals surface area contributed by atoms with Gasteiger partial charge in [0.05, 0.1) is 0 Å². The van der Waals surface area contributed by atoms with Gasteiger partial charge in [-0.25, -0.2) is 0 Å². The molecule has 0 heterocycles. The van der Waals surface area contributed by atoms with Gasteiger partial charge in [0.25, 0.3) is 0 Å². The quantitative estimate of drug-likeness (QED) is 0.619. The van der Waals surface area contributed by atoms with Crippen LogP contribution in [0.4, 0.5) is 0 Å². The minimum Gasteiger partial charge on any atom is -0.330 e. The third kappa shape index (κ3) is 6.98. The maximum absolute atomic E-state index is 6.21. The van der Waals surface area contributed by atoms with Crippen molar-refractivity contribution in [1.82, 2.24) is 0 Å². The van der Waals surface area contributed by atoms with E-state index in [-0.39, 0.29) is 32.5 Å². The molecule has 0 rings (SSSR count). The van der Waals surface area contributed by atoms with Crippen LogP contribution in [0.15, 0.2) is 0 Å². The van der Waals surface area contributed by atoms with Crippen LogP contribution in [0, 0.1) is 17.8 Å². The van der Waals surface area contributed by atoms with Crippen molar-refractivity contribution in [3.8, 4) is 0 Å². The minimum atomic E-state index is 0. The van der Waals surface area contributed by atoms with Crippen LogP contribution in [0.2, 0.25) is 0 Å². The Labute approximate surface area is 115 Å². The van der Waals surface area contributed by atoms with Crippen molar-refractivity contribution < 1.29 is 20.4 Å². The van der Waals surface area contributed by atoms with E-state index >= 15 is 0 Å². The van der Waals surface area contributed by atoms with Crippen LogP contribution in [0.1, 0.15) is 40.5 Å². The Morgan fingerprint density at radius 2 is 1.50 bits per heavy atom. The van der Waals surface area contributed by atoms with Crippen LogP contribution in [0.25, 0.3) is 0 Å². The largest absolute Gasteiger partial charge is 0.330 e. The molecule has 0 spiro atoms. The van der Waals surface area contributed by atoms with Gasteiger partial charge >= 0.3 is 0 Å². The predicted octanol–water partition coefficient (Wildman–Crippen LogP) is 1.31. The molecule has 0 aromatic carbocycles. The van der Waals surface area contributed by atoms with Crippen LogP contribution in [-0.4, -0.2) is 18.6 Å². The molecule has 0 aliphatic heterocycles. The van der Waals surface area contributed by atoms with Gasteiger partial charge in [0.15, 0.2) is 0 Å². The third-order valence-electron chi connectivity index (χ3n) is 3.06. The van der Waals surface area contributed by atoms with E-state index in [0.29, 0.717) is 24.3 Å². The first-order chi connectivity index (χ1) is 6.90. The second kappa shape index (κ2) is 9.56. The average Bonchev–Trinajstić information content (AvgIpc) is 2.11. The molecule has 0 saturated heterocycles. The summed E-state index contributed by atoms with van der Waals surface area (Å²) >= 11 is 0. The van der Waals surface area contributed by atoms with E-state index in [0.717, 1.165) is 12.8 Å². The third-order valence-corrected chi connectivity index (χ3v) is 3.06. The van der Waals surface area contributed by atoms with Gasteiger partial charge in [-0.2, -0.15) is 0 Å². The molecule has 3 nitrogen and oxygen atoms in total. The SMILES string of the molecule is CC(C)CC(N)C(CCN)C(N)C(C)C.[Pd]. The standard InChI is InChI=1S/C12H29N3.Pd/c1-8(2)7-11(14)10(5-6-13)12(15)9(3)4;/h8-12H,5-7,13-15H2,1-4H3;. The van der Waals surface area contributed by atoms with Gasteiger partial charge in [0, 0.05) is 32.5 Å². The molecule has 0 aromatic heterocycles. The van der Waals surface area contributed by atoms with Gasteiger partial charge in [-0.1, -0.05) is 27.7 Å². The molecule has 3 unspecified atom stereocenters. The maximum Gasteiger partial charge on any atom is 0.0106 e. The van der Waals surface area contributed by atoms with E-state index in [1.54, 1.807) is 0 Å². The van der Waals surface area contributed by atoms with Gasteiger partial charge in [-0.3, -0.25) is 0 Å². The van der Waals surface area contributed by atoms with E-state index in [2.05, 4.69) is 27.7 Å².